The van der Waals surface area contributed by atoms with Crippen LogP contribution in [-0.4, -0.2) is 31.1 Å². The van der Waals surface area contributed by atoms with Gasteiger partial charge in [-0.25, -0.2) is 0 Å². The van der Waals surface area contributed by atoms with Crippen molar-refractivity contribution in [3.63, 3.8) is 0 Å². The van der Waals surface area contributed by atoms with Crippen molar-refractivity contribution < 1.29 is 9.22 Å². The second-order valence-electron chi connectivity index (χ2n) is 1.90. The lowest BCUT2D eigenvalue weighted by Gasteiger charge is -2.04. The lowest BCUT2D eigenvalue weighted by molar-refractivity contribution is 0.228. The highest BCUT2D eigenvalue weighted by atomic mass is 28.3. The van der Waals surface area contributed by atoms with Crippen LogP contribution >= 0.6 is 0 Å². The summed E-state index contributed by atoms with van der Waals surface area (Å²) in [5.41, 5.74) is -0.0856. The summed E-state index contributed by atoms with van der Waals surface area (Å²) in [7, 11) is 0.248. The lowest BCUT2D eigenvalue weighted by Crippen LogP contribution is -2.17. The van der Waals surface area contributed by atoms with E-state index in [9.17, 15) is 0 Å². The van der Waals surface area contributed by atoms with Crippen LogP contribution in [0.15, 0.2) is 0 Å². The van der Waals surface area contributed by atoms with Gasteiger partial charge < -0.3 is 9.22 Å². The SMILES string of the molecule is CCCC(O)[SiH2]O[SiH3]. The predicted molar refractivity (Wildman–Crippen MR) is 40.5 cm³/mol. The van der Waals surface area contributed by atoms with Gasteiger partial charge in [0.2, 0.25) is 0 Å². The zero-order valence-corrected chi connectivity index (χ0v) is 8.97. The van der Waals surface area contributed by atoms with Gasteiger partial charge in [-0.1, -0.05) is 13.3 Å². The molecule has 0 amide bonds. The van der Waals surface area contributed by atoms with E-state index in [1.807, 2.05) is 0 Å². The second-order valence-corrected chi connectivity index (χ2v) is 5.48. The number of aliphatic hydroxyl groups excluding tert-OH is 1. The van der Waals surface area contributed by atoms with Gasteiger partial charge in [0.1, 0.15) is 10.5 Å². The molecule has 8 heavy (non-hydrogen) atoms. The smallest absolute Gasteiger partial charge is 0.175 e. The molecule has 0 bridgehead atoms. The van der Waals surface area contributed by atoms with Crippen molar-refractivity contribution >= 4 is 20.2 Å². The zero-order valence-electron chi connectivity index (χ0n) is 5.55. The Kier molecular flexibility index (Phi) is 5.73. The summed E-state index contributed by atoms with van der Waals surface area (Å²) in [6, 6.07) is 0. The molecule has 0 saturated carbocycles. The molecule has 1 unspecified atom stereocenters. The number of hydrogen-bond donors (Lipinski definition) is 1. The molecule has 0 spiro atoms. The molecule has 50 valence electrons. The van der Waals surface area contributed by atoms with E-state index in [2.05, 4.69) is 6.92 Å². The third-order valence-electron chi connectivity index (χ3n) is 0.981. The molecule has 0 aliphatic heterocycles. The first-order chi connectivity index (χ1) is 3.81. The van der Waals surface area contributed by atoms with Crippen LogP contribution in [0.5, 0.6) is 0 Å². The van der Waals surface area contributed by atoms with Gasteiger partial charge in [0.05, 0.1) is 5.73 Å². The minimum Gasteiger partial charge on any atom is -0.466 e. The molecular formula is C4H14O2Si2. The summed E-state index contributed by atoms with van der Waals surface area (Å²) < 4.78 is 4.98. The molecule has 0 aromatic heterocycles. The summed E-state index contributed by atoms with van der Waals surface area (Å²) in [4.78, 5) is 0. The Labute approximate surface area is 55.7 Å². The first-order valence-corrected chi connectivity index (χ1v) is 5.19. The van der Waals surface area contributed by atoms with Crippen LogP contribution in [0.3, 0.4) is 0 Å². The Morgan fingerprint density at radius 1 is 1.88 bits per heavy atom. The van der Waals surface area contributed by atoms with E-state index in [0.717, 1.165) is 23.3 Å². The zero-order chi connectivity index (χ0) is 6.41. The highest BCUT2D eigenvalue weighted by Gasteiger charge is 1.99. The largest absolute Gasteiger partial charge is 0.466 e. The lowest BCUT2D eigenvalue weighted by atomic mass is 10.4. The van der Waals surface area contributed by atoms with Gasteiger partial charge >= 0.3 is 0 Å². The van der Waals surface area contributed by atoms with E-state index in [4.69, 9.17) is 9.22 Å². The van der Waals surface area contributed by atoms with Crippen LogP contribution in [0.4, 0.5) is 0 Å². The van der Waals surface area contributed by atoms with E-state index in [0.29, 0.717) is 0 Å². The van der Waals surface area contributed by atoms with Crippen molar-refractivity contribution in [1.29, 1.82) is 0 Å². The highest BCUT2D eigenvalue weighted by molar-refractivity contribution is 6.35. The average Bonchev–Trinajstić information content (AvgIpc) is 1.68. The van der Waals surface area contributed by atoms with Crippen LogP contribution in [0.25, 0.3) is 0 Å². The van der Waals surface area contributed by atoms with Gasteiger partial charge in [-0.05, 0) is 6.42 Å². The number of aliphatic hydroxyl groups is 1. The van der Waals surface area contributed by atoms with Gasteiger partial charge in [0, 0.05) is 0 Å². The average molecular weight is 150 g/mol. The van der Waals surface area contributed by atoms with Gasteiger partial charge in [-0.2, -0.15) is 0 Å². The quantitative estimate of drug-likeness (QED) is 0.494. The van der Waals surface area contributed by atoms with Gasteiger partial charge in [0.15, 0.2) is 9.76 Å². The van der Waals surface area contributed by atoms with Crippen molar-refractivity contribution in [3.8, 4) is 0 Å². The molecule has 1 atom stereocenters. The Bertz CT molecular complexity index is 45.3. The minimum absolute atomic E-state index is 0.0856. The molecule has 2 nitrogen and oxygen atoms in total. The van der Waals surface area contributed by atoms with Gasteiger partial charge in [-0.3, -0.25) is 0 Å². The normalized spacial score (nSPS) is 15.8. The maximum Gasteiger partial charge on any atom is 0.175 e. The second kappa shape index (κ2) is 5.49. The van der Waals surface area contributed by atoms with E-state index in [1.54, 1.807) is 0 Å². The van der Waals surface area contributed by atoms with Crippen LogP contribution in [0, 0.1) is 0 Å². The summed E-state index contributed by atoms with van der Waals surface area (Å²) >= 11 is 0. The highest BCUT2D eigenvalue weighted by Crippen LogP contribution is 1.92. The molecule has 0 fully saturated rings. The summed E-state index contributed by atoms with van der Waals surface area (Å²) in [5, 5.41) is 9.01. The topological polar surface area (TPSA) is 29.5 Å². The van der Waals surface area contributed by atoms with Crippen LogP contribution in [0.1, 0.15) is 19.8 Å². The van der Waals surface area contributed by atoms with Crippen LogP contribution in [0.2, 0.25) is 0 Å². The number of rotatable bonds is 4. The molecule has 0 aromatic rings. The fourth-order valence-electron chi connectivity index (χ4n) is 0.609. The fourth-order valence-corrected chi connectivity index (χ4v) is 2.72. The molecule has 0 aliphatic carbocycles. The third kappa shape index (κ3) is 4.51. The molecule has 1 N–H and O–H groups in total. The molecule has 0 saturated heterocycles. The molecule has 0 heterocycles. The van der Waals surface area contributed by atoms with Crippen molar-refractivity contribution in [2.75, 3.05) is 0 Å². The third-order valence-corrected chi connectivity index (χ3v) is 3.11. The summed E-state index contributed by atoms with van der Waals surface area (Å²) in [6.07, 6.45) is 1.99. The van der Waals surface area contributed by atoms with E-state index in [1.165, 1.54) is 0 Å². The Morgan fingerprint density at radius 3 is 2.88 bits per heavy atom. The Hall–Kier alpha value is 0.354. The van der Waals surface area contributed by atoms with E-state index < -0.39 is 9.76 Å². The van der Waals surface area contributed by atoms with Crippen molar-refractivity contribution in [1.82, 2.24) is 0 Å². The fraction of sp³-hybridized carbons (Fsp3) is 1.00. The molecule has 0 radical (unpaired) electrons. The van der Waals surface area contributed by atoms with E-state index in [-0.39, 0.29) is 5.73 Å². The molecular weight excluding hydrogens is 136 g/mol. The van der Waals surface area contributed by atoms with Gasteiger partial charge in [0.25, 0.3) is 0 Å². The standard InChI is InChI=1S/C4H14O2Si2/c1-2-3-4(5)8-6-7/h4-5H,2-3,8H2,1,7H3. The molecule has 4 heteroatoms. The molecule has 0 aliphatic rings. The molecule has 0 rings (SSSR count). The Morgan fingerprint density at radius 2 is 2.50 bits per heavy atom. The first kappa shape index (κ1) is 8.35. The summed E-state index contributed by atoms with van der Waals surface area (Å²) in [5.74, 6) is 0. The number of hydrogen-bond acceptors (Lipinski definition) is 2. The maximum atomic E-state index is 9.01. The monoisotopic (exact) mass is 150 g/mol. The first-order valence-electron chi connectivity index (χ1n) is 2.98. The van der Waals surface area contributed by atoms with Crippen molar-refractivity contribution in [3.05, 3.63) is 0 Å². The Balaban J connectivity index is 2.92. The summed E-state index contributed by atoms with van der Waals surface area (Å²) in [6.45, 7) is 2.07. The minimum atomic E-state index is -0.548. The van der Waals surface area contributed by atoms with Crippen molar-refractivity contribution in [2.45, 2.75) is 25.5 Å². The molecule has 0 aromatic carbocycles. The van der Waals surface area contributed by atoms with Crippen LogP contribution < -0.4 is 0 Å². The van der Waals surface area contributed by atoms with Crippen molar-refractivity contribution in [2.24, 2.45) is 0 Å². The van der Waals surface area contributed by atoms with Crippen LogP contribution in [-0.2, 0) is 4.12 Å². The predicted octanol–water partition coefficient (Wildman–Crippen LogP) is -1.51. The van der Waals surface area contributed by atoms with E-state index >= 15 is 0 Å². The van der Waals surface area contributed by atoms with Gasteiger partial charge in [-0.15, -0.1) is 0 Å². The maximum absolute atomic E-state index is 9.01.